The largest absolute Gasteiger partial charge is 0.391 e. The molecule has 5 heteroatoms. The van der Waals surface area contributed by atoms with E-state index in [-0.39, 0.29) is 6.61 Å². The van der Waals surface area contributed by atoms with E-state index in [0.717, 1.165) is 15.6 Å². The van der Waals surface area contributed by atoms with Gasteiger partial charge in [-0.1, -0.05) is 0 Å². The number of aromatic nitrogens is 1. The molecule has 0 amide bonds. The van der Waals surface area contributed by atoms with E-state index in [0.29, 0.717) is 13.2 Å². The molecule has 0 spiro atoms. The fourth-order valence-corrected chi connectivity index (χ4v) is 1.90. The minimum absolute atomic E-state index is 0.0140. The molecule has 1 heterocycles. The number of methoxy groups -OCH3 is 2. The summed E-state index contributed by atoms with van der Waals surface area (Å²) in [5, 5.41) is 9.87. The topological polar surface area (TPSA) is 51.6 Å². The minimum Gasteiger partial charge on any atom is -0.391 e. The number of hydrogen-bond acceptors (Lipinski definition) is 5. The second-order valence-corrected chi connectivity index (χ2v) is 3.67. The van der Waals surface area contributed by atoms with Crippen LogP contribution in [0, 0.1) is 0 Å². The second-order valence-electron chi connectivity index (χ2n) is 2.50. The van der Waals surface area contributed by atoms with Crippen LogP contribution < -0.4 is 0 Å². The number of thiazole rings is 1. The number of aliphatic hydroxyl groups excluding tert-OH is 1. The lowest BCUT2D eigenvalue weighted by atomic mass is 10.4. The van der Waals surface area contributed by atoms with Crippen molar-refractivity contribution < 1.29 is 14.6 Å². The molecule has 0 aromatic carbocycles. The fourth-order valence-electron chi connectivity index (χ4n) is 0.995. The highest BCUT2D eigenvalue weighted by Gasteiger charge is 2.09. The Labute approximate surface area is 81.1 Å². The molecule has 0 radical (unpaired) electrons. The molecule has 1 N–H and O–H groups in total. The zero-order valence-electron chi connectivity index (χ0n) is 7.74. The molecule has 0 aliphatic carbocycles. The second kappa shape index (κ2) is 5.29. The predicted molar refractivity (Wildman–Crippen MR) is 49.5 cm³/mol. The van der Waals surface area contributed by atoms with Gasteiger partial charge in [0.25, 0.3) is 0 Å². The van der Waals surface area contributed by atoms with Crippen molar-refractivity contribution in [1.82, 2.24) is 4.98 Å². The van der Waals surface area contributed by atoms with E-state index in [4.69, 9.17) is 14.6 Å². The average Bonchev–Trinajstić information content (AvgIpc) is 2.49. The van der Waals surface area contributed by atoms with E-state index in [1.54, 1.807) is 14.2 Å². The van der Waals surface area contributed by atoms with Crippen LogP contribution in [0.25, 0.3) is 0 Å². The number of hydrogen-bond donors (Lipinski definition) is 1. The molecule has 0 bridgehead atoms. The molecule has 0 aliphatic heterocycles. The Morgan fingerprint density at radius 1 is 1.31 bits per heavy atom. The first-order valence-electron chi connectivity index (χ1n) is 3.88. The summed E-state index contributed by atoms with van der Waals surface area (Å²) in [5.41, 5.74) is 0.807. The molecule has 0 saturated heterocycles. The highest BCUT2D eigenvalue weighted by molar-refractivity contribution is 7.11. The van der Waals surface area contributed by atoms with Crippen molar-refractivity contribution in [1.29, 1.82) is 0 Å². The molecule has 1 aromatic rings. The lowest BCUT2D eigenvalue weighted by Gasteiger charge is -1.95. The van der Waals surface area contributed by atoms with Gasteiger partial charge >= 0.3 is 0 Å². The maximum Gasteiger partial charge on any atom is 0.119 e. The lowest BCUT2D eigenvalue weighted by molar-refractivity contribution is 0.174. The van der Waals surface area contributed by atoms with E-state index < -0.39 is 0 Å². The van der Waals surface area contributed by atoms with E-state index in [1.165, 1.54) is 11.3 Å². The quantitative estimate of drug-likeness (QED) is 0.773. The summed E-state index contributed by atoms with van der Waals surface area (Å²) in [6.07, 6.45) is 0. The van der Waals surface area contributed by atoms with E-state index in [9.17, 15) is 0 Å². The molecular weight excluding hydrogens is 190 g/mol. The molecule has 0 atom stereocenters. The normalized spacial score (nSPS) is 10.7. The van der Waals surface area contributed by atoms with Gasteiger partial charge in [-0.2, -0.15) is 0 Å². The molecular formula is C8H13NO3S. The zero-order chi connectivity index (χ0) is 9.68. The standard InChI is InChI=1S/C8H13NO3S/c1-11-4-6-7(3-10)13-8(9-6)5-12-2/h10H,3-5H2,1-2H3. The third-order valence-electron chi connectivity index (χ3n) is 1.52. The van der Waals surface area contributed by atoms with E-state index >= 15 is 0 Å². The van der Waals surface area contributed by atoms with Crippen LogP contribution in [-0.4, -0.2) is 24.3 Å². The molecule has 13 heavy (non-hydrogen) atoms. The third kappa shape index (κ3) is 2.73. The first-order valence-corrected chi connectivity index (χ1v) is 4.69. The summed E-state index contributed by atoms with van der Waals surface area (Å²) >= 11 is 1.46. The maximum atomic E-state index is 9.00. The molecule has 0 fully saturated rings. The molecule has 0 aliphatic rings. The van der Waals surface area contributed by atoms with Gasteiger partial charge in [-0.3, -0.25) is 0 Å². The lowest BCUT2D eigenvalue weighted by Crippen LogP contribution is -1.93. The van der Waals surface area contributed by atoms with Crippen LogP contribution >= 0.6 is 11.3 Å². The van der Waals surface area contributed by atoms with Gasteiger partial charge in [-0.25, -0.2) is 4.98 Å². The van der Waals surface area contributed by atoms with Gasteiger partial charge < -0.3 is 14.6 Å². The Morgan fingerprint density at radius 2 is 2.00 bits per heavy atom. The van der Waals surface area contributed by atoms with Crippen molar-refractivity contribution in [2.75, 3.05) is 14.2 Å². The van der Waals surface area contributed by atoms with Crippen molar-refractivity contribution in [3.63, 3.8) is 0 Å². The first kappa shape index (κ1) is 10.6. The average molecular weight is 203 g/mol. The molecule has 1 rings (SSSR count). The Bertz CT molecular complexity index is 262. The molecule has 1 aromatic heterocycles. The Morgan fingerprint density at radius 3 is 2.54 bits per heavy atom. The highest BCUT2D eigenvalue weighted by Crippen LogP contribution is 2.19. The van der Waals surface area contributed by atoms with Crippen molar-refractivity contribution in [3.05, 3.63) is 15.6 Å². The summed E-state index contributed by atoms with van der Waals surface area (Å²) in [4.78, 5) is 5.12. The van der Waals surface area contributed by atoms with Gasteiger partial charge in [0.05, 0.1) is 30.4 Å². The monoisotopic (exact) mass is 203 g/mol. The van der Waals surface area contributed by atoms with Crippen molar-refractivity contribution in [2.45, 2.75) is 19.8 Å². The summed E-state index contributed by atoms with van der Waals surface area (Å²) in [5.74, 6) is 0. The zero-order valence-corrected chi connectivity index (χ0v) is 8.56. The Balaban J connectivity index is 2.77. The van der Waals surface area contributed by atoms with Crippen LogP contribution in [0.1, 0.15) is 15.6 Å². The SMILES string of the molecule is COCc1nc(COC)c(CO)s1. The smallest absolute Gasteiger partial charge is 0.119 e. The molecule has 0 unspecified atom stereocenters. The fraction of sp³-hybridized carbons (Fsp3) is 0.625. The Kier molecular flexibility index (Phi) is 4.31. The van der Waals surface area contributed by atoms with Gasteiger partial charge in [0.1, 0.15) is 5.01 Å². The predicted octanol–water partition coefficient (Wildman–Crippen LogP) is 0.928. The maximum absolute atomic E-state index is 9.00. The minimum atomic E-state index is 0.0140. The highest BCUT2D eigenvalue weighted by atomic mass is 32.1. The molecule has 4 nitrogen and oxygen atoms in total. The van der Waals surface area contributed by atoms with Gasteiger partial charge in [-0.15, -0.1) is 11.3 Å². The van der Waals surface area contributed by atoms with Gasteiger partial charge in [-0.05, 0) is 0 Å². The number of rotatable bonds is 5. The van der Waals surface area contributed by atoms with Gasteiger partial charge in [0.2, 0.25) is 0 Å². The van der Waals surface area contributed by atoms with Crippen molar-refractivity contribution in [2.24, 2.45) is 0 Å². The summed E-state index contributed by atoms with van der Waals surface area (Å²) < 4.78 is 9.90. The summed E-state index contributed by atoms with van der Waals surface area (Å²) in [7, 11) is 3.23. The number of aliphatic hydroxyl groups is 1. The van der Waals surface area contributed by atoms with Crippen molar-refractivity contribution >= 4 is 11.3 Å². The van der Waals surface area contributed by atoms with E-state index in [2.05, 4.69) is 4.98 Å². The Hall–Kier alpha value is -0.490. The van der Waals surface area contributed by atoms with E-state index in [1.807, 2.05) is 0 Å². The van der Waals surface area contributed by atoms with Crippen LogP contribution in [0.5, 0.6) is 0 Å². The molecule has 74 valence electrons. The van der Waals surface area contributed by atoms with Crippen LogP contribution in [0.3, 0.4) is 0 Å². The van der Waals surface area contributed by atoms with Crippen molar-refractivity contribution in [3.8, 4) is 0 Å². The van der Waals surface area contributed by atoms with Crippen LogP contribution in [0.4, 0.5) is 0 Å². The van der Waals surface area contributed by atoms with Gasteiger partial charge in [0.15, 0.2) is 0 Å². The number of nitrogens with zero attached hydrogens (tertiary/aromatic N) is 1. The molecule has 0 saturated carbocycles. The summed E-state index contributed by atoms with van der Waals surface area (Å²) in [6.45, 7) is 0.942. The summed E-state index contributed by atoms with van der Waals surface area (Å²) in [6, 6.07) is 0. The van der Waals surface area contributed by atoms with Crippen LogP contribution in [0.2, 0.25) is 0 Å². The number of ether oxygens (including phenoxy) is 2. The van der Waals surface area contributed by atoms with Crippen LogP contribution in [0.15, 0.2) is 0 Å². The van der Waals surface area contributed by atoms with Crippen LogP contribution in [-0.2, 0) is 29.3 Å². The van der Waals surface area contributed by atoms with Gasteiger partial charge in [0, 0.05) is 14.2 Å². The third-order valence-corrected chi connectivity index (χ3v) is 2.57. The first-order chi connectivity index (χ1) is 6.31.